The summed E-state index contributed by atoms with van der Waals surface area (Å²) in [6, 6.07) is 1.74. The van der Waals surface area contributed by atoms with Crippen LogP contribution in [0, 0.1) is 18.6 Å². The average molecular weight is 266 g/mol. The van der Waals surface area contributed by atoms with Gasteiger partial charge in [0, 0.05) is 30.6 Å². The smallest absolute Gasteiger partial charge is 0.138 e. The Bertz CT molecular complexity index is 580. The molecule has 1 atom stereocenters. The van der Waals surface area contributed by atoms with Gasteiger partial charge in [-0.25, -0.2) is 13.8 Å². The van der Waals surface area contributed by atoms with Crippen molar-refractivity contribution in [3.8, 4) is 0 Å². The maximum absolute atomic E-state index is 13.7. The van der Waals surface area contributed by atoms with Gasteiger partial charge in [0.05, 0.1) is 0 Å². The number of benzene rings is 1. The van der Waals surface area contributed by atoms with E-state index >= 15 is 0 Å². The van der Waals surface area contributed by atoms with E-state index in [0.29, 0.717) is 29.9 Å². The van der Waals surface area contributed by atoms with Gasteiger partial charge >= 0.3 is 0 Å². The normalized spacial score (nSPS) is 12.7. The van der Waals surface area contributed by atoms with Crippen LogP contribution in [0.3, 0.4) is 0 Å². The second-order valence-electron chi connectivity index (χ2n) is 4.43. The van der Waals surface area contributed by atoms with Crippen molar-refractivity contribution in [2.24, 2.45) is 5.73 Å². The number of hydrogen-bond donors (Lipinski definition) is 1. The molecular formula is C13H16F2N4. The molecule has 0 fully saturated rings. The third-order valence-electron chi connectivity index (χ3n) is 3.08. The predicted octanol–water partition coefficient (Wildman–Crippen LogP) is 2.13. The molecule has 102 valence electrons. The van der Waals surface area contributed by atoms with Crippen LogP contribution >= 0.6 is 0 Å². The van der Waals surface area contributed by atoms with Gasteiger partial charge in [-0.3, -0.25) is 4.68 Å². The zero-order valence-corrected chi connectivity index (χ0v) is 10.9. The number of aromatic nitrogens is 3. The molecule has 0 radical (unpaired) electrons. The summed E-state index contributed by atoms with van der Waals surface area (Å²) in [7, 11) is 0. The lowest BCUT2D eigenvalue weighted by Crippen LogP contribution is -2.18. The summed E-state index contributed by atoms with van der Waals surface area (Å²) >= 11 is 0. The molecule has 4 nitrogen and oxygen atoms in total. The number of halogens is 2. The molecule has 0 saturated carbocycles. The van der Waals surface area contributed by atoms with Gasteiger partial charge in [0.25, 0.3) is 0 Å². The highest BCUT2D eigenvalue weighted by Crippen LogP contribution is 2.21. The Morgan fingerprint density at radius 1 is 1.32 bits per heavy atom. The van der Waals surface area contributed by atoms with Crippen LogP contribution in [0.4, 0.5) is 8.78 Å². The molecule has 0 aliphatic heterocycles. The highest BCUT2D eigenvalue weighted by molar-refractivity contribution is 5.28. The van der Waals surface area contributed by atoms with Crippen molar-refractivity contribution in [1.29, 1.82) is 0 Å². The molecule has 0 spiro atoms. The van der Waals surface area contributed by atoms with Crippen molar-refractivity contribution < 1.29 is 8.78 Å². The van der Waals surface area contributed by atoms with Crippen LogP contribution in [0.25, 0.3) is 0 Å². The molecule has 1 aromatic carbocycles. The minimum absolute atomic E-state index is 0.296. The lowest BCUT2D eigenvalue weighted by Gasteiger charge is -2.14. The zero-order chi connectivity index (χ0) is 14.0. The van der Waals surface area contributed by atoms with Crippen molar-refractivity contribution in [3.63, 3.8) is 0 Å². The molecule has 1 unspecified atom stereocenters. The van der Waals surface area contributed by atoms with Crippen LogP contribution in [-0.2, 0) is 13.0 Å². The summed E-state index contributed by atoms with van der Waals surface area (Å²) in [4.78, 5) is 4.10. The van der Waals surface area contributed by atoms with Gasteiger partial charge in [-0.1, -0.05) is 0 Å². The number of hydrogen-bond acceptors (Lipinski definition) is 3. The van der Waals surface area contributed by atoms with Gasteiger partial charge < -0.3 is 5.73 Å². The van der Waals surface area contributed by atoms with Crippen molar-refractivity contribution in [3.05, 3.63) is 47.0 Å². The molecule has 0 aliphatic rings. The third-order valence-corrected chi connectivity index (χ3v) is 3.08. The monoisotopic (exact) mass is 266 g/mol. The molecule has 2 rings (SSSR count). The van der Waals surface area contributed by atoms with Crippen LogP contribution in [-0.4, -0.2) is 14.8 Å². The molecule has 0 bridgehead atoms. The quantitative estimate of drug-likeness (QED) is 0.922. The molecule has 0 saturated heterocycles. The van der Waals surface area contributed by atoms with Gasteiger partial charge in [-0.2, -0.15) is 5.10 Å². The zero-order valence-electron chi connectivity index (χ0n) is 10.9. The number of nitrogens with zero attached hydrogens (tertiary/aromatic N) is 3. The Hall–Kier alpha value is -1.82. The van der Waals surface area contributed by atoms with E-state index in [4.69, 9.17) is 5.73 Å². The van der Waals surface area contributed by atoms with Gasteiger partial charge in [0.1, 0.15) is 23.8 Å². The Labute approximate surface area is 110 Å². The van der Waals surface area contributed by atoms with Crippen molar-refractivity contribution in [2.45, 2.75) is 32.9 Å². The van der Waals surface area contributed by atoms with E-state index in [1.54, 1.807) is 11.6 Å². The first-order valence-corrected chi connectivity index (χ1v) is 6.10. The van der Waals surface area contributed by atoms with Crippen LogP contribution in [0.2, 0.25) is 0 Å². The lowest BCUT2D eigenvalue weighted by atomic mass is 10.0. The number of nitrogens with two attached hydrogens (primary N) is 1. The standard InChI is InChI=1S/C13H16F2N4/c1-3-19-13(17-7-18-19)6-12(16)9-4-8(2)10(14)5-11(9)15/h4-5,7,12H,3,6,16H2,1-2H3. The van der Waals surface area contributed by atoms with E-state index < -0.39 is 17.7 Å². The third kappa shape index (κ3) is 2.78. The van der Waals surface area contributed by atoms with Crippen LogP contribution in [0.15, 0.2) is 18.5 Å². The summed E-state index contributed by atoms with van der Waals surface area (Å²) < 4.78 is 28.6. The minimum atomic E-state index is -0.627. The fourth-order valence-electron chi connectivity index (χ4n) is 1.98. The Morgan fingerprint density at radius 3 is 2.74 bits per heavy atom. The summed E-state index contributed by atoms with van der Waals surface area (Å²) in [5.74, 6) is -0.500. The second kappa shape index (κ2) is 5.44. The summed E-state index contributed by atoms with van der Waals surface area (Å²) in [6.45, 7) is 4.19. The maximum atomic E-state index is 13.7. The van der Waals surface area contributed by atoms with Crippen molar-refractivity contribution in [1.82, 2.24) is 14.8 Å². The Morgan fingerprint density at radius 2 is 2.05 bits per heavy atom. The molecule has 1 heterocycles. The molecule has 2 aromatic rings. The molecule has 0 aliphatic carbocycles. The van der Waals surface area contributed by atoms with E-state index in [1.807, 2.05) is 6.92 Å². The topological polar surface area (TPSA) is 56.7 Å². The van der Waals surface area contributed by atoms with Crippen molar-refractivity contribution in [2.75, 3.05) is 0 Å². The van der Waals surface area contributed by atoms with E-state index in [2.05, 4.69) is 10.1 Å². The fourth-order valence-corrected chi connectivity index (χ4v) is 1.98. The molecule has 19 heavy (non-hydrogen) atoms. The Balaban J connectivity index is 2.25. The highest BCUT2D eigenvalue weighted by atomic mass is 19.1. The Kier molecular flexibility index (Phi) is 3.90. The second-order valence-corrected chi connectivity index (χ2v) is 4.43. The molecular weight excluding hydrogens is 250 g/mol. The molecule has 0 amide bonds. The fraction of sp³-hybridized carbons (Fsp3) is 0.385. The molecule has 1 aromatic heterocycles. The largest absolute Gasteiger partial charge is 0.323 e. The first-order chi connectivity index (χ1) is 9.02. The van der Waals surface area contributed by atoms with E-state index in [9.17, 15) is 8.78 Å². The predicted molar refractivity (Wildman–Crippen MR) is 67.4 cm³/mol. The van der Waals surface area contributed by atoms with Crippen LogP contribution < -0.4 is 5.73 Å². The maximum Gasteiger partial charge on any atom is 0.138 e. The van der Waals surface area contributed by atoms with Gasteiger partial charge in [0.15, 0.2) is 0 Å². The molecule has 6 heteroatoms. The van der Waals surface area contributed by atoms with Gasteiger partial charge in [-0.15, -0.1) is 0 Å². The van der Waals surface area contributed by atoms with Crippen molar-refractivity contribution >= 4 is 0 Å². The first-order valence-electron chi connectivity index (χ1n) is 6.10. The average Bonchev–Trinajstić information content (AvgIpc) is 2.80. The highest BCUT2D eigenvalue weighted by Gasteiger charge is 2.17. The number of rotatable bonds is 4. The molecule has 2 N–H and O–H groups in total. The summed E-state index contributed by atoms with van der Waals surface area (Å²) in [5.41, 5.74) is 6.66. The van der Waals surface area contributed by atoms with Crippen LogP contribution in [0.5, 0.6) is 0 Å². The SMILES string of the molecule is CCn1ncnc1CC(N)c1cc(C)c(F)cc1F. The lowest BCUT2D eigenvalue weighted by molar-refractivity contribution is 0.535. The van der Waals surface area contributed by atoms with Gasteiger partial charge in [0.2, 0.25) is 0 Å². The van der Waals surface area contributed by atoms with E-state index in [0.717, 1.165) is 6.07 Å². The summed E-state index contributed by atoms with van der Waals surface area (Å²) in [6.07, 6.45) is 1.80. The summed E-state index contributed by atoms with van der Waals surface area (Å²) in [5, 5.41) is 4.03. The van der Waals surface area contributed by atoms with Gasteiger partial charge in [-0.05, 0) is 25.5 Å². The van der Waals surface area contributed by atoms with E-state index in [-0.39, 0.29) is 0 Å². The van der Waals surface area contributed by atoms with E-state index in [1.165, 1.54) is 12.4 Å². The van der Waals surface area contributed by atoms with Crippen LogP contribution in [0.1, 0.15) is 29.9 Å². The first kappa shape index (κ1) is 13.6. The minimum Gasteiger partial charge on any atom is -0.323 e. The number of aryl methyl sites for hydroxylation is 2.